The van der Waals surface area contributed by atoms with Gasteiger partial charge in [-0.25, -0.2) is 0 Å². The van der Waals surface area contributed by atoms with E-state index in [2.05, 4.69) is 45.1 Å². The molecular weight excluding hydrogens is 276 g/mol. The number of carbonyl (C=O) groups excluding carboxylic acids is 1. The number of ketones is 1. The van der Waals surface area contributed by atoms with Crippen molar-refractivity contribution in [3.8, 4) is 0 Å². The highest BCUT2D eigenvalue weighted by atomic mass is 28.2. The van der Waals surface area contributed by atoms with Crippen LogP contribution in [0.1, 0.15) is 73.1 Å². The Balaban J connectivity index is 2.23. The zero-order chi connectivity index (χ0) is 15.9. The fourth-order valence-corrected chi connectivity index (χ4v) is 5.26. The van der Waals surface area contributed by atoms with Crippen LogP contribution in [0.15, 0.2) is 0 Å². The molecule has 0 heterocycles. The molecule has 0 saturated heterocycles. The molecule has 1 spiro atoms. The maximum Gasteiger partial charge on any atom is 0.246 e. The van der Waals surface area contributed by atoms with Gasteiger partial charge in [0.25, 0.3) is 0 Å². The summed E-state index contributed by atoms with van der Waals surface area (Å²) in [5.41, 5.74) is 0.654. The van der Waals surface area contributed by atoms with Crippen LogP contribution < -0.4 is 0 Å². The topological polar surface area (TPSA) is 26.3 Å². The normalized spacial score (nSPS) is 41.5. The van der Waals surface area contributed by atoms with Crippen LogP contribution in [0.2, 0.25) is 0 Å². The Morgan fingerprint density at radius 3 is 2.29 bits per heavy atom. The number of hydrogen-bond acceptors (Lipinski definition) is 2. The van der Waals surface area contributed by atoms with Crippen molar-refractivity contribution in [3.63, 3.8) is 0 Å². The lowest BCUT2D eigenvalue weighted by molar-refractivity contribution is -0.150. The third kappa shape index (κ3) is 2.88. The van der Waals surface area contributed by atoms with E-state index in [-0.39, 0.29) is 16.7 Å². The number of carbonyl (C=O) groups is 1. The van der Waals surface area contributed by atoms with Crippen LogP contribution in [-0.2, 0) is 9.22 Å². The van der Waals surface area contributed by atoms with Gasteiger partial charge in [-0.1, -0.05) is 34.6 Å². The maximum absolute atomic E-state index is 12.3. The van der Waals surface area contributed by atoms with Crippen LogP contribution in [-0.4, -0.2) is 22.9 Å². The molecule has 2 aliphatic carbocycles. The molecule has 0 aromatic rings. The van der Waals surface area contributed by atoms with Gasteiger partial charge in [0.05, 0.1) is 0 Å². The molecule has 2 rings (SSSR count). The number of Topliss-reactive ketones (excluding diaryl/α,β-unsaturated/α-hetero) is 1. The Kier molecular flexibility index (Phi) is 4.76. The second kappa shape index (κ2) is 5.81. The first-order valence-electron chi connectivity index (χ1n) is 8.47. The third-order valence-electron chi connectivity index (χ3n) is 7.04. The molecule has 2 nitrogen and oxygen atoms in total. The molecule has 0 bridgehead atoms. The van der Waals surface area contributed by atoms with E-state index in [1.54, 1.807) is 0 Å². The van der Waals surface area contributed by atoms with Gasteiger partial charge in [-0.3, -0.25) is 4.79 Å². The van der Waals surface area contributed by atoms with E-state index in [4.69, 9.17) is 4.43 Å². The SMILES string of the molecule is CC1C(=O)CCC2(CCC(C(C)(C)C)CC2)C1(C)CO[Si]. The number of rotatable bonds is 2. The number of hydrogen-bond donors (Lipinski definition) is 0. The van der Waals surface area contributed by atoms with Gasteiger partial charge >= 0.3 is 0 Å². The lowest BCUT2D eigenvalue weighted by Crippen LogP contribution is -2.55. The van der Waals surface area contributed by atoms with Gasteiger partial charge in [0.2, 0.25) is 10.5 Å². The summed E-state index contributed by atoms with van der Waals surface area (Å²) >= 11 is 0. The van der Waals surface area contributed by atoms with Gasteiger partial charge < -0.3 is 4.43 Å². The molecule has 0 aliphatic heterocycles. The smallest absolute Gasteiger partial charge is 0.246 e. The lowest BCUT2D eigenvalue weighted by Gasteiger charge is -2.58. The van der Waals surface area contributed by atoms with Gasteiger partial charge in [0.15, 0.2) is 0 Å². The first-order chi connectivity index (χ1) is 9.66. The molecule has 0 amide bonds. The van der Waals surface area contributed by atoms with Crippen LogP contribution in [0, 0.1) is 28.1 Å². The van der Waals surface area contributed by atoms with E-state index >= 15 is 0 Å². The summed E-state index contributed by atoms with van der Waals surface area (Å²) in [4.78, 5) is 12.3. The van der Waals surface area contributed by atoms with E-state index in [1.165, 1.54) is 25.7 Å². The summed E-state index contributed by atoms with van der Waals surface area (Å²) in [6.07, 6.45) is 6.90. The van der Waals surface area contributed by atoms with Crippen molar-refractivity contribution in [3.05, 3.63) is 0 Å². The van der Waals surface area contributed by atoms with Crippen molar-refractivity contribution in [2.45, 2.75) is 73.1 Å². The monoisotopic (exact) mass is 307 g/mol. The molecule has 2 aliphatic rings. The van der Waals surface area contributed by atoms with E-state index in [0.29, 0.717) is 17.8 Å². The first kappa shape index (κ1) is 17.2. The highest BCUT2D eigenvalue weighted by Gasteiger charge is 2.56. The Bertz CT molecular complexity index is 391. The van der Waals surface area contributed by atoms with Crippen molar-refractivity contribution < 1.29 is 9.22 Å². The van der Waals surface area contributed by atoms with Crippen molar-refractivity contribution in [1.29, 1.82) is 0 Å². The van der Waals surface area contributed by atoms with Gasteiger partial charge in [-0.05, 0) is 48.9 Å². The second-order valence-corrected chi connectivity index (χ2v) is 9.10. The average molecular weight is 308 g/mol. The Labute approximate surface area is 134 Å². The van der Waals surface area contributed by atoms with Gasteiger partial charge in [0.1, 0.15) is 5.78 Å². The summed E-state index contributed by atoms with van der Waals surface area (Å²) in [6.45, 7) is 12.1. The average Bonchev–Trinajstić information content (AvgIpc) is 2.42. The quantitative estimate of drug-likeness (QED) is 0.710. The van der Waals surface area contributed by atoms with Crippen LogP contribution in [0.5, 0.6) is 0 Å². The van der Waals surface area contributed by atoms with Crippen molar-refractivity contribution in [2.24, 2.45) is 28.1 Å². The largest absolute Gasteiger partial charge is 0.418 e. The molecule has 3 radical (unpaired) electrons. The first-order valence-corrected chi connectivity index (χ1v) is 8.88. The fraction of sp³-hybridized carbons (Fsp3) is 0.944. The molecule has 2 atom stereocenters. The minimum Gasteiger partial charge on any atom is -0.418 e. The van der Waals surface area contributed by atoms with Crippen LogP contribution in [0.3, 0.4) is 0 Å². The highest BCUT2D eigenvalue weighted by molar-refractivity contribution is 5.98. The molecule has 119 valence electrons. The van der Waals surface area contributed by atoms with Gasteiger partial charge in [-0.2, -0.15) is 0 Å². The molecule has 21 heavy (non-hydrogen) atoms. The summed E-state index contributed by atoms with van der Waals surface area (Å²) < 4.78 is 5.38. The van der Waals surface area contributed by atoms with Gasteiger partial charge in [0, 0.05) is 24.4 Å². The molecular formula is C18H31O2Si. The van der Waals surface area contributed by atoms with Gasteiger partial charge in [-0.15, -0.1) is 0 Å². The standard InChI is InChI=1S/C18H31O2Si/c1-13-15(19)8-11-18(17(13,5)12-20-21)9-6-14(7-10-18)16(2,3)4/h13-14H,6-12H2,1-5H3. The van der Waals surface area contributed by atoms with E-state index < -0.39 is 0 Å². The zero-order valence-electron chi connectivity index (χ0n) is 14.4. The Morgan fingerprint density at radius 1 is 1.24 bits per heavy atom. The molecule has 3 heteroatoms. The van der Waals surface area contributed by atoms with Crippen LogP contribution >= 0.6 is 0 Å². The minimum atomic E-state index is -0.0348. The predicted molar refractivity (Wildman–Crippen MR) is 87.1 cm³/mol. The molecule has 2 fully saturated rings. The van der Waals surface area contributed by atoms with E-state index in [9.17, 15) is 4.79 Å². The maximum atomic E-state index is 12.3. The highest BCUT2D eigenvalue weighted by Crippen LogP contribution is 2.61. The van der Waals surface area contributed by atoms with Crippen LogP contribution in [0.4, 0.5) is 0 Å². The van der Waals surface area contributed by atoms with Crippen molar-refractivity contribution in [1.82, 2.24) is 0 Å². The Morgan fingerprint density at radius 2 is 1.81 bits per heavy atom. The van der Waals surface area contributed by atoms with Crippen LogP contribution in [0.25, 0.3) is 0 Å². The molecule has 2 saturated carbocycles. The fourth-order valence-electron chi connectivity index (χ4n) is 4.96. The molecule has 2 unspecified atom stereocenters. The summed E-state index contributed by atoms with van der Waals surface area (Å²) in [7, 11) is 3.20. The van der Waals surface area contributed by atoms with E-state index in [0.717, 1.165) is 18.8 Å². The summed E-state index contributed by atoms with van der Waals surface area (Å²) in [6, 6.07) is 0. The second-order valence-electron chi connectivity index (χ2n) is 8.81. The minimum absolute atomic E-state index is 0.0348. The molecule has 0 N–H and O–H groups in total. The molecule has 0 aromatic heterocycles. The third-order valence-corrected chi connectivity index (χ3v) is 7.18. The lowest BCUT2D eigenvalue weighted by atomic mass is 9.47. The predicted octanol–water partition coefficient (Wildman–Crippen LogP) is 4.31. The zero-order valence-corrected chi connectivity index (χ0v) is 15.4. The van der Waals surface area contributed by atoms with Crippen molar-refractivity contribution >= 4 is 16.3 Å². The van der Waals surface area contributed by atoms with E-state index in [1.807, 2.05) is 0 Å². The summed E-state index contributed by atoms with van der Waals surface area (Å²) in [5.74, 6) is 1.34. The Hall–Kier alpha value is -0.153. The summed E-state index contributed by atoms with van der Waals surface area (Å²) in [5, 5.41) is 0. The molecule has 0 aromatic carbocycles. The van der Waals surface area contributed by atoms with Crippen molar-refractivity contribution in [2.75, 3.05) is 6.61 Å².